The van der Waals surface area contributed by atoms with E-state index in [-0.39, 0.29) is 17.3 Å². The van der Waals surface area contributed by atoms with E-state index in [9.17, 15) is 14.4 Å². The summed E-state index contributed by atoms with van der Waals surface area (Å²) in [4.78, 5) is 40.0. The Bertz CT molecular complexity index is 1140. The molecule has 0 fully saturated rings. The molecule has 4 N–H and O–H groups in total. The first-order valence-corrected chi connectivity index (χ1v) is 8.45. The predicted octanol–water partition coefficient (Wildman–Crippen LogP) is 1.45. The zero-order valence-electron chi connectivity index (χ0n) is 15.3. The lowest BCUT2D eigenvalue weighted by Crippen LogP contribution is -2.25. The van der Waals surface area contributed by atoms with Gasteiger partial charge in [-0.1, -0.05) is 6.07 Å². The number of hydrogen-bond acceptors (Lipinski definition) is 5. The van der Waals surface area contributed by atoms with Gasteiger partial charge in [-0.2, -0.15) is 5.26 Å². The molecule has 0 saturated heterocycles. The molecule has 3 rings (SSSR count). The lowest BCUT2D eigenvalue weighted by molar-refractivity contribution is 0.0937. The minimum absolute atomic E-state index is 0.0468. The van der Waals surface area contributed by atoms with Crippen LogP contribution >= 0.6 is 0 Å². The van der Waals surface area contributed by atoms with E-state index in [4.69, 9.17) is 11.0 Å². The Hall–Kier alpha value is -4.45. The molecular formula is C20H16N6O3. The van der Waals surface area contributed by atoms with Gasteiger partial charge < -0.3 is 16.4 Å². The third-order valence-electron chi connectivity index (χ3n) is 4.10. The number of nitrogens with zero attached hydrogens (tertiary/aromatic N) is 3. The van der Waals surface area contributed by atoms with Crippen LogP contribution in [-0.4, -0.2) is 34.3 Å². The number of nitrogens with two attached hydrogens (primary N) is 1. The first-order valence-electron chi connectivity index (χ1n) is 8.45. The number of hydrogen-bond donors (Lipinski definition) is 3. The second-order valence-electron chi connectivity index (χ2n) is 5.95. The molecule has 0 atom stereocenters. The molecule has 1 heterocycles. The molecule has 2 aromatic carbocycles. The Morgan fingerprint density at radius 2 is 1.83 bits per heavy atom. The second kappa shape index (κ2) is 8.06. The molecule has 0 radical (unpaired) electrons. The smallest absolute Gasteiger partial charge is 0.272 e. The van der Waals surface area contributed by atoms with Crippen molar-refractivity contribution in [1.29, 1.82) is 5.26 Å². The van der Waals surface area contributed by atoms with Gasteiger partial charge in [0.05, 0.1) is 11.6 Å². The molecule has 3 amide bonds. The first-order chi connectivity index (χ1) is 13.9. The molecular weight excluding hydrogens is 372 g/mol. The Balaban J connectivity index is 1.85. The van der Waals surface area contributed by atoms with Crippen molar-refractivity contribution in [3.8, 4) is 11.8 Å². The van der Waals surface area contributed by atoms with E-state index in [1.54, 1.807) is 42.5 Å². The van der Waals surface area contributed by atoms with Gasteiger partial charge in [-0.25, -0.2) is 4.98 Å². The summed E-state index contributed by atoms with van der Waals surface area (Å²) in [6, 6.07) is 14.9. The SMILES string of the molecule is CNC(=O)c1ncn(-c2ccc(NC(=O)c3cccc(C#N)c3)cc2)c1C(N)=O. The number of benzene rings is 2. The molecule has 0 bridgehead atoms. The summed E-state index contributed by atoms with van der Waals surface area (Å²) in [5.41, 5.74) is 7.08. The number of rotatable bonds is 5. The van der Waals surface area contributed by atoms with Gasteiger partial charge in [0.15, 0.2) is 5.69 Å². The highest BCUT2D eigenvalue weighted by Crippen LogP contribution is 2.18. The minimum atomic E-state index is -0.796. The normalized spacial score (nSPS) is 10.1. The van der Waals surface area contributed by atoms with Gasteiger partial charge >= 0.3 is 0 Å². The van der Waals surface area contributed by atoms with Crippen molar-refractivity contribution in [2.75, 3.05) is 12.4 Å². The van der Waals surface area contributed by atoms with E-state index in [0.29, 0.717) is 22.5 Å². The maximum absolute atomic E-state index is 12.4. The molecule has 0 unspecified atom stereocenters. The summed E-state index contributed by atoms with van der Waals surface area (Å²) in [6.45, 7) is 0. The van der Waals surface area contributed by atoms with Crippen LogP contribution in [0.5, 0.6) is 0 Å². The largest absolute Gasteiger partial charge is 0.364 e. The molecule has 0 spiro atoms. The highest BCUT2D eigenvalue weighted by molar-refractivity contribution is 6.05. The van der Waals surface area contributed by atoms with Gasteiger partial charge in [-0.05, 0) is 42.5 Å². The molecule has 0 aliphatic heterocycles. The number of anilines is 1. The van der Waals surface area contributed by atoms with Crippen molar-refractivity contribution in [2.24, 2.45) is 5.73 Å². The van der Waals surface area contributed by atoms with Crippen molar-refractivity contribution < 1.29 is 14.4 Å². The third-order valence-corrected chi connectivity index (χ3v) is 4.10. The van der Waals surface area contributed by atoms with Gasteiger partial charge in [0.2, 0.25) is 0 Å². The second-order valence-corrected chi connectivity index (χ2v) is 5.95. The fourth-order valence-corrected chi connectivity index (χ4v) is 2.70. The molecule has 29 heavy (non-hydrogen) atoms. The van der Waals surface area contributed by atoms with E-state index in [2.05, 4.69) is 15.6 Å². The maximum atomic E-state index is 12.4. The van der Waals surface area contributed by atoms with Crippen LogP contribution in [0.4, 0.5) is 5.69 Å². The maximum Gasteiger partial charge on any atom is 0.272 e. The number of carbonyl (C=O) groups is 3. The summed E-state index contributed by atoms with van der Waals surface area (Å²) in [5, 5.41) is 14.1. The van der Waals surface area contributed by atoms with Crippen LogP contribution in [0.3, 0.4) is 0 Å². The average Bonchev–Trinajstić information content (AvgIpc) is 3.19. The van der Waals surface area contributed by atoms with E-state index < -0.39 is 11.8 Å². The van der Waals surface area contributed by atoms with Gasteiger partial charge in [0, 0.05) is 24.0 Å². The fraction of sp³-hybridized carbons (Fsp3) is 0.0500. The number of aromatic nitrogens is 2. The molecule has 9 heteroatoms. The molecule has 1 aromatic heterocycles. The molecule has 0 aliphatic rings. The number of carbonyl (C=O) groups excluding carboxylic acids is 3. The van der Waals surface area contributed by atoms with Crippen molar-refractivity contribution in [1.82, 2.24) is 14.9 Å². The van der Waals surface area contributed by atoms with E-state index in [1.807, 2.05) is 6.07 Å². The molecule has 9 nitrogen and oxygen atoms in total. The Labute approximate surface area is 165 Å². The third kappa shape index (κ3) is 3.96. The Kier molecular flexibility index (Phi) is 5.37. The highest BCUT2D eigenvalue weighted by Gasteiger charge is 2.22. The van der Waals surface area contributed by atoms with Crippen LogP contribution in [0.25, 0.3) is 5.69 Å². The monoisotopic (exact) mass is 388 g/mol. The first kappa shape index (κ1) is 19.3. The van der Waals surface area contributed by atoms with Crippen molar-refractivity contribution in [3.05, 3.63) is 77.4 Å². The van der Waals surface area contributed by atoms with Crippen molar-refractivity contribution in [2.45, 2.75) is 0 Å². The number of amides is 3. The fourth-order valence-electron chi connectivity index (χ4n) is 2.70. The van der Waals surface area contributed by atoms with E-state index in [0.717, 1.165) is 0 Å². The van der Waals surface area contributed by atoms with Crippen LogP contribution in [0.2, 0.25) is 0 Å². The van der Waals surface area contributed by atoms with Crippen molar-refractivity contribution >= 4 is 23.4 Å². The van der Waals surface area contributed by atoms with Crippen LogP contribution in [0.1, 0.15) is 36.9 Å². The minimum Gasteiger partial charge on any atom is -0.364 e. The van der Waals surface area contributed by atoms with Crippen LogP contribution in [0.15, 0.2) is 54.9 Å². The Morgan fingerprint density at radius 1 is 1.10 bits per heavy atom. The summed E-state index contributed by atoms with van der Waals surface area (Å²) in [7, 11) is 1.43. The summed E-state index contributed by atoms with van der Waals surface area (Å²) < 4.78 is 1.40. The van der Waals surface area contributed by atoms with Gasteiger partial charge in [0.25, 0.3) is 17.7 Å². The van der Waals surface area contributed by atoms with Crippen LogP contribution < -0.4 is 16.4 Å². The zero-order chi connectivity index (χ0) is 21.0. The average molecular weight is 388 g/mol. The predicted molar refractivity (Wildman–Crippen MR) is 105 cm³/mol. The van der Waals surface area contributed by atoms with Gasteiger partial charge in [0.1, 0.15) is 12.0 Å². The number of nitrogens with one attached hydrogen (secondary N) is 2. The quantitative estimate of drug-likeness (QED) is 0.606. The standard InChI is InChI=1S/C20H16N6O3/c1-23-20(29)16-17(18(22)27)26(11-24-16)15-7-5-14(6-8-15)25-19(28)13-4-2-3-12(9-13)10-21/h2-9,11H,1H3,(H2,22,27)(H,23,29)(H,25,28). The summed E-state index contributed by atoms with van der Waals surface area (Å²) >= 11 is 0. The number of imidazole rings is 1. The Morgan fingerprint density at radius 3 is 2.45 bits per heavy atom. The summed E-state index contributed by atoms with van der Waals surface area (Å²) in [6.07, 6.45) is 1.33. The molecule has 0 aliphatic carbocycles. The van der Waals surface area contributed by atoms with Crippen LogP contribution in [-0.2, 0) is 0 Å². The van der Waals surface area contributed by atoms with Gasteiger partial charge in [-0.3, -0.25) is 19.0 Å². The highest BCUT2D eigenvalue weighted by atomic mass is 16.2. The topological polar surface area (TPSA) is 143 Å². The summed E-state index contributed by atoms with van der Waals surface area (Å²) in [5.74, 6) is -1.69. The van der Waals surface area contributed by atoms with Crippen LogP contribution in [0, 0.1) is 11.3 Å². The lowest BCUT2D eigenvalue weighted by atomic mass is 10.1. The number of nitriles is 1. The lowest BCUT2D eigenvalue weighted by Gasteiger charge is -2.09. The molecule has 0 saturated carbocycles. The molecule has 144 valence electrons. The zero-order valence-corrected chi connectivity index (χ0v) is 15.3. The van der Waals surface area contributed by atoms with E-state index >= 15 is 0 Å². The molecule has 3 aromatic rings. The van der Waals surface area contributed by atoms with Gasteiger partial charge in [-0.15, -0.1) is 0 Å². The van der Waals surface area contributed by atoms with E-state index in [1.165, 1.54) is 24.0 Å². The number of primary amides is 1. The van der Waals surface area contributed by atoms with Crippen molar-refractivity contribution in [3.63, 3.8) is 0 Å².